The number of unbranched alkanes of at least 4 members (excludes halogenated alkanes) is 1. The number of hydrogen-bond donors (Lipinski definition) is 2. The van der Waals surface area contributed by atoms with Gasteiger partial charge in [-0.2, -0.15) is 0 Å². The van der Waals surface area contributed by atoms with Crippen molar-refractivity contribution < 1.29 is 23.1 Å². The van der Waals surface area contributed by atoms with Gasteiger partial charge < -0.3 is 10.4 Å². The van der Waals surface area contributed by atoms with Crippen LogP contribution in [0.5, 0.6) is 0 Å². The van der Waals surface area contributed by atoms with Crippen LogP contribution < -0.4 is 5.32 Å². The highest BCUT2D eigenvalue weighted by atomic mass is 32.2. The molecule has 7 nitrogen and oxygen atoms in total. The zero-order chi connectivity index (χ0) is 19.0. The number of carboxylic acid groups (broad SMARTS) is 1. The summed E-state index contributed by atoms with van der Waals surface area (Å²) in [7, 11) is -1.61. The molecule has 0 aliphatic heterocycles. The largest absolute Gasteiger partial charge is 0.480 e. The number of sulfonamides is 1. The van der Waals surface area contributed by atoms with Crippen LogP contribution in [0.3, 0.4) is 0 Å². The molecular formula is C17H24N2O5S. The van der Waals surface area contributed by atoms with Gasteiger partial charge in [0.25, 0.3) is 5.91 Å². The number of carbonyl (C=O) groups excluding carboxylic acids is 1. The van der Waals surface area contributed by atoms with Gasteiger partial charge in [0.2, 0.25) is 10.0 Å². The number of nitrogens with one attached hydrogen (secondary N) is 1. The lowest BCUT2D eigenvalue weighted by Gasteiger charge is -2.12. The van der Waals surface area contributed by atoms with E-state index in [-0.39, 0.29) is 0 Å². The number of aliphatic carboxylic acids is 1. The quantitative estimate of drug-likeness (QED) is 0.644. The molecule has 25 heavy (non-hydrogen) atoms. The number of hydrogen-bond acceptors (Lipinski definition) is 4. The second-order valence-electron chi connectivity index (χ2n) is 5.79. The van der Waals surface area contributed by atoms with Gasteiger partial charge in [0.05, 0.1) is 6.26 Å². The molecule has 0 saturated carbocycles. The Bertz CT molecular complexity index is 743. The third-order valence-corrected chi connectivity index (χ3v) is 4.90. The minimum Gasteiger partial charge on any atom is -0.480 e. The van der Waals surface area contributed by atoms with E-state index >= 15 is 0 Å². The molecule has 0 heterocycles. The van der Waals surface area contributed by atoms with E-state index in [0.717, 1.165) is 5.56 Å². The molecule has 1 atom stereocenters. The molecule has 2 N–H and O–H groups in total. The Morgan fingerprint density at radius 2 is 2.04 bits per heavy atom. The van der Waals surface area contributed by atoms with E-state index in [1.165, 1.54) is 17.5 Å². The molecule has 0 aliphatic carbocycles. The second kappa shape index (κ2) is 9.33. The maximum absolute atomic E-state index is 12.0. The molecule has 138 valence electrons. The van der Waals surface area contributed by atoms with Crippen LogP contribution in [0.2, 0.25) is 0 Å². The Labute approximate surface area is 148 Å². The van der Waals surface area contributed by atoms with E-state index in [9.17, 15) is 18.0 Å². The van der Waals surface area contributed by atoms with Crippen LogP contribution >= 0.6 is 0 Å². The molecular weight excluding hydrogens is 344 g/mol. The van der Waals surface area contributed by atoms with Crippen LogP contribution in [-0.2, 0) is 14.8 Å². The smallest absolute Gasteiger partial charge is 0.325 e. The van der Waals surface area contributed by atoms with Crippen molar-refractivity contribution in [2.45, 2.75) is 25.8 Å². The summed E-state index contributed by atoms with van der Waals surface area (Å²) in [6.07, 6.45) is 6.32. The standard InChI is InChI=1S/C17H24N2O5S/c1-13(17(21)22)18-16(20)15-10-7-9-14(12-15)8-5-4-6-11-19(2)25(3,23)24/h5,7-10,12-13H,4,6,11H2,1-3H3,(H,18,20)(H,21,22)/b8-5-/t13-/m1/s1. The van der Waals surface area contributed by atoms with Gasteiger partial charge in [-0.05, 0) is 37.5 Å². The minimum atomic E-state index is -3.15. The van der Waals surface area contributed by atoms with Gasteiger partial charge >= 0.3 is 5.97 Å². The number of benzene rings is 1. The first kappa shape index (κ1) is 20.9. The van der Waals surface area contributed by atoms with E-state index < -0.39 is 27.9 Å². The fourth-order valence-electron chi connectivity index (χ4n) is 1.94. The Morgan fingerprint density at radius 3 is 2.64 bits per heavy atom. The molecule has 0 aliphatic rings. The van der Waals surface area contributed by atoms with Crippen molar-refractivity contribution in [3.8, 4) is 0 Å². The second-order valence-corrected chi connectivity index (χ2v) is 7.88. The van der Waals surface area contributed by atoms with Crippen molar-refractivity contribution in [1.82, 2.24) is 9.62 Å². The van der Waals surface area contributed by atoms with Gasteiger partial charge in [-0.15, -0.1) is 0 Å². The normalized spacial score (nSPS) is 13.1. The van der Waals surface area contributed by atoms with Crippen molar-refractivity contribution in [3.63, 3.8) is 0 Å². The molecule has 1 aromatic rings. The molecule has 0 unspecified atom stereocenters. The summed E-state index contributed by atoms with van der Waals surface area (Å²) in [6.45, 7) is 1.84. The predicted molar refractivity (Wildman–Crippen MR) is 96.7 cm³/mol. The van der Waals surface area contributed by atoms with E-state index in [4.69, 9.17) is 5.11 Å². The highest BCUT2D eigenvalue weighted by Gasteiger charge is 2.15. The predicted octanol–water partition coefficient (Wildman–Crippen LogP) is 1.57. The summed E-state index contributed by atoms with van der Waals surface area (Å²) in [5, 5.41) is 11.2. The van der Waals surface area contributed by atoms with Crippen molar-refractivity contribution in [1.29, 1.82) is 0 Å². The van der Waals surface area contributed by atoms with Gasteiger partial charge in [0.1, 0.15) is 6.04 Å². The van der Waals surface area contributed by atoms with Crippen LogP contribution in [0.4, 0.5) is 0 Å². The number of nitrogens with zero attached hydrogens (tertiary/aromatic N) is 1. The van der Waals surface area contributed by atoms with E-state index in [0.29, 0.717) is 24.9 Å². The monoisotopic (exact) mass is 368 g/mol. The van der Waals surface area contributed by atoms with Gasteiger partial charge in [-0.3, -0.25) is 9.59 Å². The first-order valence-corrected chi connectivity index (χ1v) is 9.67. The van der Waals surface area contributed by atoms with Gasteiger partial charge in [-0.1, -0.05) is 24.3 Å². The van der Waals surface area contributed by atoms with Crippen LogP contribution in [0.1, 0.15) is 35.7 Å². The Kier molecular flexibility index (Phi) is 7.79. The summed E-state index contributed by atoms with van der Waals surface area (Å²) < 4.78 is 23.8. The summed E-state index contributed by atoms with van der Waals surface area (Å²) >= 11 is 0. The van der Waals surface area contributed by atoms with Crippen molar-refractivity contribution in [2.75, 3.05) is 19.8 Å². The zero-order valence-corrected chi connectivity index (χ0v) is 15.4. The Hall–Kier alpha value is -2.19. The maximum atomic E-state index is 12.0. The van der Waals surface area contributed by atoms with E-state index in [1.807, 2.05) is 18.2 Å². The molecule has 1 rings (SSSR count). The first-order chi connectivity index (χ1) is 11.6. The molecule has 0 saturated heterocycles. The fourth-order valence-corrected chi connectivity index (χ4v) is 2.40. The molecule has 0 bridgehead atoms. The number of allylic oxidation sites excluding steroid dienone is 1. The van der Waals surface area contributed by atoms with Crippen LogP contribution in [-0.4, -0.2) is 55.6 Å². The summed E-state index contributed by atoms with van der Waals surface area (Å²) in [5.74, 6) is -1.54. The van der Waals surface area contributed by atoms with Gasteiger partial charge in [0, 0.05) is 19.2 Å². The first-order valence-electron chi connectivity index (χ1n) is 7.83. The van der Waals surface area contributed by atoms with Crippen molar-refractivity contribution >= 4 is 28.0 Å². The average Bonchev–Trinajstić information content (AvgIpc) is 2.53. The van der Waals surface area contributed by atoms with E-state index in [1.54, 1.807) is 25.2 Å². The summed E-state index contributed by atoms with van der Waals surface area (Å²) in [6, 6.07) is 5.87. The molecule has 1 aromatic carbocycles. The third-order valence-electron chi connectivity index (χ3n) is 3.59. The lowest BCUT2D eigenvalue weighted by Crippen LogP contribution is -2.38. The lowest BCUT2D eigenvalue weighted by atomic mass is 10.1. The molecule has 8 heteroatoms. The van der Waals surface area contributed by atoms with Crippen LogP contribution in [0.15, 0.2) is 30.3 Å². The molecule has 0 radical (unpaired) electrons. The van der Waals surface area contributed by atoms with Gasteiger partial charge in [-0.25, -0.2) is 12.7 Å². The molecule has 0 spiro atoms. The Morgan fingerprint density at radius 1 is 1.36 bits per heavy atom. The topological polar surface area (TPSA) is 104 Å². The summed E-state index contributed by atoms with van der Waals surface area (Å²) in [5.41, 5.74) is 1.19. The average molecular weight is 368 g/mol. The molecule has 1 amide bonds. The summed E-state index contributed by atoms with van der Waals surface area (Å²) in [4.78, 5) is 22.8. The molecule has 0 fully saturated rings. The lowest BCUT2D eigenvalue weighted by molar-refractivity contribution is -0.138. The van der Waals surface area contributed by atoms with Crippen LogP contribution in [0.25, 0.3) is 6.08 Å². The number of carboxylic acids is 1. The van der Waals surface area contributed by atoms with Gasteiger partial charge in [0.15, 0.2) is 0 Å². The van der Waals surface area contributed by atoms with E-state index in [2.05, 4.69) is 5.32 Å². The Balaban J connectivity index is 2.57. The minimum absolute atomic E-state index is 0.382. The highest BCUT2D eigenvalue weighted by Crippen LogP contribution is 2.09. The highest BCUT2D eigenvalue weighted by molar-refractivity contribution is 7.88. The third kappa shape index (κ3) is 7.49. The SMILES string of the molecule is C[C@@H](NC(=O)c1cccc(/C=C\CCCN(C)S(C)(=O)=O)c1)C(=O)O. The van der Waals surface area contributed by atoms with Crippen LogP contribution in [0, 0.1) is 0 Å². The number of rotatable bonds is 9. The number of carbonyl (C=O) groups is 2. The fraction of sp³-hybridized carbons (Fsp3) is 0.412. The maximum Gasteiger partial charge on any atom is 0.325 e. The van der Waals surface area contributed by atoms with Crippen molar-refractivity contribution in [2.24, 2.45) is 0 Å². The number of amides is 1. The molecule has 0 aromatic heterocycles. The zero-order valence-electron chi connectivity index (χ0n) is 14.6. The van der Waals surface area contributed by atoms with Crippen molar-refractivity contribution in [3.05, 3.63) is 41.5 Å².